The van der Waals surface area contributed by atoms with Crippen molar-refractivity contribution in [2.75, 3.05) is 6.61 Å². The molecular formula is C18H23N5O5. The quantitative estimate of drug-likeness (QED) is 0.427. The Morgan fingerprint density at radius 1 is 1.32 bits per heavy atom. The van der Waals surface area contributed by atoms with E-state index in [9.17, 15) is 14.4 Å². The van der Waals surface area contributed by atoms with E-state index in [0.29, 0.717) is 18.1 Å². The van der Waals surface area contributed by atoms with E-state index < -0.39 is 17.2 Å². The van der Waals surface area contributed by atoms with Crippen LogP contribution in [0, 0.1) is 0 Å². The molecule has 1 heterocycles. The molecule has 1 amide bonds. The van der Waals surface area contributed by atoms with Crippen LogP contribution in [0.5, 0.6) is 11.5 Å². The van der Waals surface area contributed by atoms with Crippen LogP contribution in [0.25, 0.3) is 0 Å². The molecule has 1 aromatic heterocycles. The zero-order valence-corrected chi connectivity index (χ0v) is 15.9. The third kappa shape index (κ3) is 6.38. The summed E-state index contributed by atoms with van der Waals surface area (Å²) < 4.78 is 11.3. The van der Waals surface area contributed by atoms with Crippen LogP contribution in [-0.4, -0.2) is 40.0 Å². The van der Waals surface area contributed by atoms with Gasteiger partial charge in [0.2, 0.25) is 5.91 Å². The lowest BCUT2D eigenvalue weighted by Crippen LogP contribution is -2.28. The summed E-state index contributed by atoms with van der Waals surface area (Å²) in [6.45, 7) is 6.22. The van der Waals surface area contributed by atoms with Gasteiger partial charge in [-0.15, -0.1) is 0 Å². The number of aromatic amines is 2. The minimum Gasteiger partial charge on any atom is -0.490 e. The average molecular weight is 389 g/mol. The maximum atomic E-state index is 11.8. The Morgan fingerprint density at radius 3 is 2.79 bits per heavy atom. The van der Waals surface area contributed by atoms with Gasteiger partial charge in [-0.3, -0.25) is 14.6 Å². The minimum absolute atomic E-state index is 0.00910. The Kier molecular flexibility index (Phi) is 7.49. The smallest absolute Gasteiger partial charge is 0.342 e. The van der Waals surface area contributed by atoms with Gasteiger partial charge in [0.25, 0.3) is 5.56 Å². The summed E-state index contributed by atoms with van der Waals surface area (Å²) in [7, 11) is 0. The lowest BCUT2D eigenvalue weighted by atomic mass is 10.2. The molecule has 10 heteroatoms. The Bertz CT molecular complexity index is 948. The van der Waals surface area contributed by atoms with Gasteiger partial charge in [-0.25, -0.2) is 15.3 Å². The molecule has 0 bridgehead atoms. The molecule has 150 valence electrons. The molecule has 0 saturated heterocycles. The fourth-order valence-electron chi connectivity index (χ4n) is 2.23. The van der Waals surface area contributed by atoms with Crippen molar-refractivity contribution >= 4 is 12.1 Å². The Labute approximate surface area is 161 Å². The number of H-pyrrole nitrogens is 2. The number of aromatic nitrogens is 3. The van der Waals surface area contributed by atoms with Gasteiger partial charge >= 0.3 is 5.69 Å². The van der Waals surface area contributed by atoms with E-state index in [0.717, 1.165) is 5.56 Å². The molecule has 0 saturated carbocycles. The highest BCUT2D eigenvalue weighted by atomic mass is 16.5. The number of hydrogen-bond acceptors (Lipinski definition) is 7. The number of benzene rings is 1. The molecule has 0 spiro atoms. The summed E-state index contributed by atoms with van der Waals surface area (Å²) in [6, 6.07) is 5.34. The van der Waals surface area contributed by atoms with E-state index in [1.54, 1.807) is 18.2 Å². The first kappa shape index (κ1) is 20.9. The van der Waals surface area contributed by atoms with Crippen LogP contribution in [0.1, 0.15) is 38.4 Å². The average Bonchev–Trinajstić information content (AvgIpc) is 2.63. The van der Waals surface area contributed by atoms with E-state index in [1.807, 2.05) is 25.8 Å². The second-order valence-corrected chi connectivity index (χ2v) is 6.05. The third-order valence-corrected chi connectivity index (χ3v) is 3.40. The topological polar surface area (TPSA) is 139 Å². The largest absolute Gasteiger partial charge is 0.490 e. The fraction of sp³-hybridized carbons (Fsp3) is 0.389. The molecule has 2 aromatic rings. The van der Waals surface area contributed by atoms with Gasteiger partial charge < -0.3 is 9.47 Å². The number of carbonyl (C=O) groups excluding carboxylic acids is 1. The van der Waals surface area contributed by atoms with Crippen LogP contribution in [0.2, 0.25) is 0 Å². The minimum atomic E-state index is -0.695. The number of amides is 1. The van der Waals surface area contributed by atoms with Crippen LogP contribution >= 0.6 is 0 Å². The Morgan fingerprint density at radius 2 is 2.11 bits per heavy atom. The molecule has 28 heavy (non-hydrogen) atoms. The fourth-order valence-corrected chi connectivity index (χ4v) is 2.23. The predicted octanol–water partition coefficient (Wildman–Crippen LogP) is 0.727. The molecule has 0 aliphatic rings. The highest BCUT2D eigenvalue weighted by Gasteiger charge is 2.08. The highest BCUT2D eigenvalue weighted by Crippen LogP contribution is 2.28. The van der Waals surface area contributed by atoms with Crippen LogP contribution < -0.4 is 26.1 Å². The molecule has 2 rings (SSSR count). The van der Waals surface area contributed by atoms with Crippen molar-refractivity contribution in [3.63, 3.8) is 0 Å². The van der Waals surface area contributed by atoms with Gasteiger partial charge in [-0.05, 0) is 44.5 Å². The summed E-state index contributed by atoms with van der Waals surface area (Å²) in [4.78, 5) is 36.3. The van der Waals surface area contributed by atoms with Gasteiger partial charge in [-0.1, -0.05) is 0 Å². The van der Waals surface area contributed by atoms with Gasteiger partial charge in [0.05, 0.1) is 18.9 Å². The predicted molar refractivity (Wildman–Crippen MR) is 103 cm³/mol. The van der Waals surface area contributed by atoms with Crippen LogP contribution in [0.15, 0.2) is 32.9 Å². The number of carbonyl (C=O) groups is 1. The van der Waals surface area contributed by atoms with Crippen LogP contribution in [0.3, 0.4) is 0 Å². The molecule has 10 nitrogen and oxygen atoms in total. The summed E-state index contributed by atoms with van der Waals surface area (Å²) in [5.74, 6) is 0.833. The lowest BCUT2D eigenvalue weighted by molar-refractivity contribution is -0.121. The van der Waals surface area contributed by atoms with Crippen LogP contribution in [-0.2, 0) is 11.2 Å². The van der Waals surface area contributed by atoms with E-state index in [1.165, 1.54) is 6.21 Å². The summed E-state index contributed by atoms with van der Waals surface area (Å²) >= 11 is 0. The van der Waals surface area contributed by atoms with Crippen LogP contribution in [0.4, 0.5) is 0 Å². The normalized spacial score (nSPS) is 11.0. The maximum Gasteiger partial charge on any atom is 0.342 e. The first-order valence-electron chi connectivity index (χ1n) is 8.82. The second kappa shape index (κ2) is 10.0. The molecule has 0 aliphatic heterocycles. The zero-order valence-electron chi connectivity index (χ0n) is 15.9. The van der Waals surface area contributed by atoms with Gasteiger partial charge in [-0.2, -0.15) is 10.2 Å². The van der Waals surface area contributed by atoms with Gasteiger partial charge in [0, 0.05) is 12.8 Å². The van der Waals surface area contributed by atoms with Crippen molar-refractivity contribution in [3.05, 3.63) is 50.3 Å². The van der Waals surface area contributed by atoms with Crippen molar-refractivity contribution in [2.24, 2.45) is 5.10 Å². The Balaban J connectivity index is 1.93. The van der Waals surface area contributed by atoms with Gasteiger partial charge in [0.1, 0.15) is 5.69 Å². The maximum absolute atomic E-state index is 11.8. The Hall–Kier alpha value is -3.43. The van der Waals surface area contributed by atoms with E-state index in [2.05, 4.69) is 20.7 Å². The van der Waals surface area contributed by atoms with E-state index >= 15 is 0 Å². The molecule has 1 aromatic carbocycles. The molecule has 0 atom stereocenters. The van der Waals surface area contributed by atoms with Gasteiger partial charge in [0.15, 0.2) is 11.5 Å². The molecular weight excluding hydrogens is 366 g/mol. The number of aryl methyl sites for hydroxylation is 1. The molecule has 3 N–H and O–H groups in total. The molecule has 0 unspecified atom stereocenters. The first-order valence-corrected chi connectivity index (χ1v) is 8.82. The number of ether oxygens (including phenoxy) is 2. The van der Waals surface area contributed by atoms with Crippen molar-refractivity contribution < 1.29 is 14.3 Å². The number of rotatable bonds is 9. The highest BCUT2D eigenvalue weighted by molar-refractivity contribution is 5.83. The van der Waals surface area contributed by atoms with Crippen molar-refractivity contribution in [1.82, 2.24) is 20.6 Å². The van der Waals surface area contributed by atoms with Crippen molar-refractivity contribution in [1.29, 1.82) is 0 Å². The standard InChI is InChI=1S/C18H23N5O5/c1-4-27-15-9-12(5-7-14(15)28-11(2)3)10-19-22-16(24)8-6-13-17(25)20-18(26)23-21-13/h5,7,9-11H,4,6,8H2,1-3H3,(H,22,24)(H2,20,23,25,26)/b19-10+. The zero-order chi connectivity index (χ0) is 20.5. The number of nitrogens with one attached hydrogen (secondary N) is 3. The summed E-state index contributed by atoms with van der Waals surface area (Å²) in [5.41, 5.74) is 1.85. The summed E-state index contributed by atoms with van der Waals surface area (Å²) in [5, 5.41) is 9.62. The second-order valence-electron chi connectivity index (χ2n) is 6.05. The van der Waals surface area contributed by atoms with E-state index in [4.69, 9.17) is 9.47 Å². The molecule has 0 aliphatic carbocycles. The number of hydrogen-bond donors (Lipinski definition) is 3. The summed E-state index contributed by atoms with van der Waals surface area (Å²) in [6.07, 6.45) is 1.56. The SMILES string of the molecule is CCOc1cc(/C=N/NC(=O)CCc2n[nH]c(=O)[nH]c2=O)ccc1OC(C)C. The monoisotopic (exact) mass is 389 g/mol. The van der Waals surface area contributed by atoms with E-state index in [-0.39, 0.29) is 24.6 Å². The lowest BCUT2D eigenvalue weighted by Gasteiger charge is -2.14. The third-order valence-electron chi connectivity index (χ3n) is 3.40. The molecule has 0 radical (unpaired) electrons. The molecule has 0 fully saturated rings. The van der Waals surface area contributed by atoms with Crippen molar-refractivity contribution in [3.8, 4) is 11.5 Å². The van der Waals surface area contributed by atoms with Crippen molar-refractivity contribution in [2.45, 2.75) is 39.7 Å². The first-order chi connectivity index (χ1) is 13.4. The number of hydrazone groups is 1. The number of nitrogens with zero attached hydrogens (tertiary/aromatic N) is 2.